The Hall–Kier alpha value is -1.48. The average Bonchev–Trinajstić information content (AvgIpc) is 3.21. The molecule has 2 aromatic rings. The summed E-state index contributed by atoms with van der Waals surface area (Å²) in [5.41, 5.74) is 10.1. The number of hydrogen-bond donors (Lipinski definition) is 1. The first-order valence-corrected chi connectivity index (χ1v) is 8.10. The Morgan fingerprint density at radius 3 is 2.50 bits per heavy atom. The molecule has 0 aliphatic heterocycles. The Balaban J connectivity index is 1.90. The first-order chi connectivity index (χ1) is 9.62. The maximum absolute atomic E-state index is 5.91. The lowest BCUT2D eigenvalue weighted by atomic mass is 9.96. The molecular weight excluding hydrogens is 264 g/mol. The first kappa shape index (κ1) is 13.5. The van der Waals surface area contributed by atoms with Crippen molar-refractivity contribution >= 4 is 17.6 Å². The van der Waals surface area contributed by atoms with Gasteiger partial charge in [0.1, 0.15) is 5.82 Å². The number of pyridine rings is 1. The highest BCUT2D eigenvalue weighted by atomic mass is 32.2. The molecule has 1 aromatic heterocycles. The monoisotopic (exact) mass is 284 g/mol. The fraction of sp³-hybridized carbons (Fsp3) is 0.353. The molecule has 2 N–H and O–H groups in total. The first-order valence-electron chi connectivity index (χ1n) is 7.11. The van der Waals surface area contributed by atoms with E-state index >= 15 is 0 Å². The van der Waals surface area contributed by atoms with E-state index in [9.17, 15) is 0 Å². The third kappa shape index (κ3) is 2.55. The van der Waals surface area contributed by atoms with Crippen molar-refractivity contribution in [1.29, 1.82) is 0 Å². The summed E-state index contributed by atoms with van der Waals surface area (Å²) in [5.74, 6) is 1.63. The van der Waals surface area contributed by atoms with Crippen LogP contribution in [0.4, 0.5) is 5.82 Å². The summed E-state index contributed by atoms with van der Waals surface area (Å²) < 4.78 is 0. The maximum atomic E-state index is 5.91. The van der Waals surface area contributed by atoms with Crippen molar-refractivity contribution in [2.75, 3.05) is 11.5 Å². The quantitative estimate of drug-likeness (QED) is 0.840. The molecule has 3 heteroatoms. The molecule has 1 aliphatic rings. The average molecular weight is 284 g/mol. The van der Waals surface area contributed by atoms with Gasteiger partial charge in [0.2, 0.25) is 0 Å². The van der Waals surface area contributed by atoms with E-state index in [1.165, 1.54) is 24.0 Å². The van der Waals surface area contributed by atoms with Crippen LogP contribution in [0.5, 0.6) is 0 Å². The van der Waals surface area contributed by atoms with Crippen LogP contribution in [0.2, 0.25) is 0 Å². The lowest BCUT2D eigenvalue weighted by Crippen LogP contribution is -1.99. The molecule has 0 radical (unpaired) electrons. The van der Waals surface area contributed by atoms with Gasteiger partial charge in [0, 0.05) is 11.8 Å². The van der Waals surface area contributed by atoms with Crippen LogP contribution in [0.3, 0.4) is 0 Å². The van der Waals surface area contributed by atoms with Gasteiger partial charge in [-0.05, 0) is 41.2 Å². The Morgan fingerprint density at radius 2 is 1.90 bits per heavy atom. The highest BCUT2D eigenvalue weighted by Gasteiger charge is 2.38. The Bertz CT molecular complexity index is 615. The van der Waals surface area contributed by atoms with E-state index in [-0.39, 0.29) is 0 Å². The number of aromatic nitrogens is 1. The zero-order valence-electron chi connectivity index (χ0n) is 12.0. The summed E-state index contributed by atoms with van der Waals surface area (Å²) in [6.45, 7) is 4.46. The lowest BCUT2D eigenvalue weighted by Gasteiger charge is -2.11. The second-order valence-corrected chi connectivity index (χ2v) is 6.98. The van der Waals surface area contributed by atoms with Gasteiger partial charge in [-0.1, -0.05) is 38.1 Å². The Labute approximate surface area is 124 Å². The van der Waals surface area contributed by atoms with Crippen LogP contribution in [0.25, 0.3) is 11.1 Å². The molecule has 0 unspecified atom stereocenters. The van der Waals surface area contributed by atoms with E-state index in [2.05, 4.69) is 49.2 Å². The number of nitrogens with zero attached hydrogens (tertiary/aromatic N) is 1. The number of hydrogen-bond acceptors (Lipinski definition) is 3. The minimum atomic E-state index is 0.432. The smallest absolute Gasteiger partial charge is 0.137 e. The summed E-state index contributed by atoms with van der Waals surface area (Å²) >= 11 is 1.74. The van der Waals surface area contributed by atoms with E-state index < -0.39 is 0 Å². The molecule has 0 spiro atoms. The molecule has 1 aliphatic carbocycles. The maximum Gasteiger partial charge on any atom is 0.137 e. The van der Waals surface area contributed by atoms with Crippen molar-refractivity contribution < 1.29 is 0 Å². The van der Waals surface area contributed by atoms with Crippen LogP contribution in [0, 0.1) is 0 Å². The number of nitrogens with two attached hydrogens (primary N) is 1. The van der Waals surface area contributed by atoms with Crippen LogP contribution in [-0.2, 0) is 5.41 Å². The molecule has 0 atom stereocenters. The van der Waals surface area contributed by atoms with E-state index in [0.29, 0.717) is 11.2 Å². The Morgan fingerprint density at radius 1 is 1.20 bits per heavy atom. The van der Waals surface area contributed by atoms with Gasteiger partial charge in [-0.2, -0.15) is 0 Å². The van der Waals surface area contributed by atoms with Crippen LogP contribution in [0.1, 0.15) is 32.3 Å². The van der Waals surface area contributed by atoms with Gasteiger partial charge in [0.15, 0.2) is 0 Å². The minimum Gasteiger partial charge on any atom is -0.383 e. The molecule has 104 valence electrons. The zero-order valence-corrected chi connectivity index (χ0v) is 12.8. The van der Waals surface area contributed by atoms with Crippen LogP contribution >= 0.6 is 11.8 Å². The lowest BCUT2D eigenvalue weighted by molar-refractivity contribution is 0.788. The van der Waals surface area contributed by atoms with Gasteiger partial charge in [-0.3, -0.25) is 0 Å². The van der Waals surface area contributed by atoms with Gasteiger partial charge in [0.25, 0.3) is 0 Å². The summed E-state index contributed by atoms with van der Waals surface area (Å²) in [6.07, 6.45) is 4.49. The number of rotatable bonds is 4. The number of anilines is 1. The zero-order chi connectivity index (χ0) is 14.2. The van der Waals surface area contributed by atoms with Crippen LogP contribution < -0.4 is 5.73 Å². The molecule has 1 saturated carbocycles. The van der Waals surface area contributed by atoms with Gasteiger partial charge in [-0.15, -0.1) is 11.8 Å². The highest BCUT2D eigenvalue weighted by molar-refractivity contribution is 7.99. The fourth-order valence-electron chi connectivity index (χ4n) is 2.43. The molecule has 3 rings (SSSR count). The SMILES string of the molecule is CCSc1cc(-c2ccc(C3(C)CC3)cc2)cnc1N. The predicted molar refractivity (Wildman–Crippen MR) is 87.1 cm³/mol. The second kappa shape index (κ2) is 5.13. The van der Waals surface area contributed by atoms with E-state index in [4.69, 9.17) is 5.73 Å². The largest absolute Gasteiger partial charge is 0.383 e. The van der Waals surface area contributed by atoms with Crippen molar-refractivity contribution in [3.8, 4) is 11.1 Å². The van der Waals surface area contributed by atoms with Crippen molar-refractivity contribution in [3.05, 3.63) is 42.1 Å². The fourth-order valence-corrected chi connectivity index (χ4v) is 3.15. The van der Waals surface area contributed by atoms with Crippen molar-refractivity contribution in [2.45, 2.75) is 37.0 Å². The third-order valence-electron chi connectivity index (χ3n) is 4.10. The number of nitrogen functional groups attached to an aromatic ring is 1. The molecule has 0 bridgehead atoms. The van der Waals surface area contributed by atoms with Crippen molar-refractivity contribution in [2.24, 2.45) is 0 Å². The topological polar surface area (TPSA) is 38.9 Å². The van der Waals surface area contributed by atoms with Crippen LogP contribution in [0.15, 0.2) is 41.4 Å². The third-order valence-corrected chi connectivity index (χ3v) is 5.02. The van der Waals surface area contributed by atoms with E-state index in [1.54, 1.807) is 11.8 Å². The molecule has 1 heterocycles. The molecule has 1 fully saturated rings. The van der Waals surface area contributed by atoms with Crippen LogP contribution in [-0.4, -0.2) is 10.7 Å². The number of benzene rings is 1. The van der Waals surface area contributed by atoms with E-state index in [0.717, 1.165) is 16.2 Å². The summed E-state index contributed by atoms with van der Waals surface area (Å²) in [5, 5.41) is 0. The predicted octanol–water partition coefficient (Wildman–Crippen LogP) is 4.49. The molecule has 2 nitrogen and oxygen atoms in total. The van der Waals surface area contributed by atoms with Crippen molar-refractivity contribution in [1.82, 2.24) is 4.98 Å². The molecule has 0 saturated heterocycles. The standard InChI is InChI=1S/C17H20N2S/c1-3-20-15-10-13(11-19-16(15)18)12-4-6-14(7-5-12)17(2)8-9-17/h4-7,10-11H,3,8-9H2,1-2H3,(H2,18,19). The molecule has 20 heavy (non-hydrogen) atoms. The van der Waals surface area contributed by atoms with Gasteiger partial charge >= 0.3 is 0 Å². The van der Waals surface area contributed by atoms with Gasteiger partial charge in [-0.25, -0.2) is 4.98 Å². The normalized spacial score (nSPS) is 16.1. The minimum absolute atomic E-state index is 0.432. The van der Waals surface area contributed by atoms with Gasteiger partial charge in [0.05, 0.1) is 4.90 Å². The molecule has 1 aromatic carbocycles. The van der Waals surface area contributed by atoms with Gasteiger partial charge < -0.3 is 5.73 Å². The summed E-state index contributed by atoms with van der Waals surface area (Å²) in [4.78, 5) is 5.39. The highest BCUT2D eigenvalue weighted by Crippen LogP contribution is 2.47. The molecular formula is C17H20N2S. The summed E-state index contributed by atoms with van der Waals surface area (Å²) in [7, 11) is 0. The van der Waals surface area contributed by atoms with E-state index in [1.807, 2.05) is 6.20 Å². The Kier molecular flexibility index (Phi) is 3.47. The number of thioether (sulfide) groups is 1. The summed E-state index contributed by atoms with van der Waals surface area (Å²) in [6, 6.07) is 11.1. The molecule has 0 amide bonds. The van der Waals surface area contributed by atoms with Crippen molar-refractivity contribution in [3.63, 3.8) is 0 Å². The second-order valence-electron chi connectivity index (χ2n) is 5.68.